The summed E-state index contributed by atoms with van der Waals surface area (Å²) < 4.78 is 11.0. The van der Waals surface area contributed by atoms with Crippen LogP contribution in [0.4, 0.5) is 0 Å². The van der Waals surface area contributed by atoms with Crippen LogP contribution in [0.15, 0.2) is 84.0 Å². The lowest BCUT2D eigenvalue weighted by Crippen LogP contribution is -2.39. The standard InChI is InChI=1S/C28H31ClN2O4/c1-33-25-13-11-22(12-14-25)28-15-26(35-30-28)18-31(16-23-9-5-6-10-27(23)29)17-24(32)20-34-19-21-7-3-2-4-8-21/h2-14,24,26,32H,15-20H2,1H3. The molecule has 0 radical (unpaired) electrons. The lowest BCUT2D eigenvalue weighted by atomic mass is 10.0. The van der Waals surface area contributed by atoms with Gasteiger partial charge in [-0.15, -0.1) is 0 Å². The Morgan fingerprint density at radius 2 is 1.80 bits per heavy atom. The van der Waals surface area contributed by atoms with Gasteiger partial charge in [-0.25, -0.2) is 0 Å². The first-order chi connectivity index (χ1) is 17.1. The fraction of sp³-hybridized carbons (Fsp3) is 0.321. The molecule has 0 spiro atoms. The lowest BCUT2D eigenvalue weighted by Gasteiger charge is -2.27. The van der Waals surface area contributed by atoms with Crippen molar-refractivity contribution >= 4 is 17.3 Å². The summed E-state index contributed by atoms with van der Waals surface area (Å²) in [6, 6.07) is 25.5. The molecule has 2 unspecified atom stereocenters. The number of hydrogen-bond donors (Lipinski definition) is 1. The SMILES string of the molecule is COc1ccc(C2=NOC(CN(Cc3ccccc3Cl)CC(O)COCc3ccccc3)C2)cc1. The Morgan fingerprint density at radius 1 is 1.06 bits per heavy atom. The quantitative estimate of drug-likeness (QED) is 0.387. The van der Waals surface area contributed by atoms with Gasteiger partial charge in [0.15, 0.2) is 0 Å². The molecular formula is C28H31ClN2O4. The number of hydrogen-bond acceptors (Lipinski definition) is 6. The monoisotopic (exact) mass is 494 g/mol. The number of aliphatic hydroxyl groups excluding tert-OH is 1. The van der Waals surface area contributed by atoms with Crippen molar-refractivity contribution in [2.75, 3.05) is 26.8 Å². The zero-order valence-electron chi connectivity index (χ0n) is 19.8. The molecule has 184 valence electrons. The third-order valence-electron chi connectivity index (χ3n) is 5.86. The van der Waals surface area contributed by atoms with Crippen LogP contribution < -0.4 is 4.74 Å². The van der Waals surface area contributed by atoms with Crippen molar-refractivity contribution in [1.29, 1.82) is 0 Å². The molecule has 7 heteroatoms. The highest BCUT2D eigenvalue weighted by molar-refractivity contribution is 6.31. The van der Waals surface area contributed by atoms with E-state index in [2.05, 4.69) is 10.1 Å². The highest BCUT2D eigenvalue weighted by Gasteiger charge is 2.26. The van der Waals surface area contributed by atoms with Gasteiger partial charge in [-0.3, -0.25) is 4.90 Å². The molecule has 1 aliphatic rings. The van der Waals surface area contributed by atoms with Crippen molar-refractivity contribution in [3.63, 3.8) is 0 Å². The molecule has 1 heterocycles. The Labute approximate surface area is 211 Å². The van der Waals surface area contributed by atoms with Crippen LogP contribution in [0.3, 0.4) is 0 Å². The molecule has 3 aromatic rings. The third kappa shape index (κ3) is 7.54. The van der Waals surface area contributed by atoms with E-state index in [1.54, 1.807) is 7.11 Å². The summed E-state index contributed by atoms with van der Waals surface area (Å²) in [6.45, 7) is 2.33. The molecular weight excluding hydrogens is 464 g/mol. The number of rotatable bonds is 12. The normalized spacial score (nSPS) is 16.1. The fourth-order valence-corrected chi connectivity index (χ4v) is 4.27. The number of ether oxygens (including phenoxy) is 2. The van der Waals surface area contributed by atoms with E-state index in [-0.39, 0.29) is 12.7 Å². The summed E-state index contributed by atoms with van der Waals surface area (Å²) in [5, 5.41) is 15.7. The molecule has 1 aliphatic heterocycles. The van der Waals surface area contributed by atoms with Crippen molar-refractivity contribution in [3.05, 3.63) is 101 Å². The Morgan fingerprint density at radius 3 is 2.54 bits per heavy atom. The van der Waals surface area contributed by atoms with Crippen LogP contribution >= 0.6 is 11.6 Å². The molecule has 2 atom stereocenters. The van der Waals surface area contributed by atoms with Gasteiger partial charge in [0.05, 0.1) is 32.1 Å². The van der Waals surface area contributed by atoms with E-state index in [4.69, 9.17) is 25.9 Å². The third-order valence-corrected chi connectivity index (χ3v) is 6.23. The minimum Gasteiger partial charge on any atom is -0.497 e. The first-order valence-electron chi connectivity index (χ1n) is 11.7. The van der Waals surface area contributed by atoms with Crippen LogP contribution in [0.5, 0.6) is 5.75 Å². The van der Waals surface area contributed by atoms with Gasteiger partial charge < -0.3 is 19.4 Å². The summed E-state index contributed by atoms with van der Waals surface area (Å²) in [4.78, 5) is 7.91. The van der Waals surface area contributed by atoms with Crippen molar-refractivity contribution in [1.82, 2.24) is 4.90 Å². The maximum Gasteiger partial charge on any atom is 0.145 e. The molecule has 0 amide bonds. The summed E-state index contributed by atoms with van der Waals surface area (Å²) >= 11 is 6.42. The Balaban J connectivity index is 1.34. The van der Waals surface area contributed by atoms with Crippen molar-refractivity contribution in [3.8, 4) is 5.75 Å². The van der Waals surface area contributed by atoms with E-state index in [0.717, 1.165) is 28.2 Å². The summed E-state index contributed by atoms with van der Waals surface area (Å²) in [6.07, 6.45) is -0.0806. The first-order valence-corrected chi connectivity index (χ1v) is 12.1. The van der Waals surface area contributed by atoms with E-state index in [9.17, 15) is 5.11 Å². The van der Waals surface area contributed by atoms with Crippen LogP contribution in [0.2, 0.25) is 5.02 Å². The molecule has 0 saturated heterocycles. The zero-order chi connectivity index (χ0) is 24.5. The number of benzene rings is 3. The predicted molar refractivity (Wildman–Crippen MR) is 138 cm³/mol. The average molecular weight is 495 g/mol. The second-order valence-electron chi connectivity index (χ2n) is 8.64. The van der Waals surface area contributed by atoms with Crippen molar-refractivity contribution < 1.29 is 19.4 Å². The van der Waals surface area contributed by atoms with E-state index in [1.807, 2.05) is 78.9 Å². The van der Waals surface area contributed by atoms with E-state index in [1.165, 1.54) is 0 Å². The van der Waals surface area contributed by atoms with E-state index in [0.29, 0.717) is 37.7 Å². The van der Waals surface area contributed by atoms with Gasteiger partial charge in [0.1, 0.15) is 11.9 Å². The van der Waals surface area contributed by atoms with E-state index < -0.39 is 6.10 Å². The molecule has 0 aromatic heterocycles. The summed E-state index contributed by atoms with van der Waals surface area (Å²) in [5.74, 6) is 0.805. The molecule has 1 N–H and O–H groups in total. The highest BCUT2D eigenvalue weighted by atomic mass is 35.5. The molecule has 0 aliphatic carbocycles. The van der Waals surface area contributed by atoms with Gasteiger partial charge in [0.2, 0.25) is 0 Å². The van der Waals surface area contributed by atoms with Gasteiger partial charge in [0.25, 0.3) is 0 Å². The van der Waals surface area contributed by atoms with E-state index >= 15 is 0 Å². The lowest BCUT2D eigenvalue weighted by molar-refractivity contribution is -0.00648. The maximum atomic E-state index is 10.7. The Hall–Kier alpha value is -2.90. The number of nitrogens with zero attached hydrogens (tertiary/aromatic N) is 2. The van der Waals surface area contributed by atoms with Crippen molar-refractivity contribution in [2.24, 2.45) is 5.16 Å². The van der Waals surface area contributed by atoms with Gasteiger partial charge in [-0.1, -0.05) is 65.3 Å². The molecule has 0 saturated carbocycles. The second-order valence-corrected chi connectivity index (χ2v) is 9.05. The average Bonchev–Trinajstić information content (AvgIpc) is 3.34. The van der Waals surface area contributed by atoms with Crippen LogP contribution in [0.25, 0.3) is 0 Å². The van der Waals surface area contributed by atoms with Crippen LogP contribution in [0, 0.1) is 0 Å². The maximum absolute atomic E-state index is 10.7. The minimum absolute atomic E-state index is 0.118. The topological polar surface area (TPSA) is 63.5 Å². The van der Waals surface area contributed by atoms with Gasteiger partial charge in [-0.05, 0) is 47.0 Å². The molecule has 3 aromatic carbocycles. The summed E-state index contributed by atoms with van der Waals surface area (Å²) in [7, 11) is 1.65. The molecule has 6 nitrogen and oxygen atoms in total. The number of oxime groups is 1. The van der Waals surface area contributed by atoms with Gasteiger partial charge in [0, 0.05) is 31.1 Å². The summed E-state index contributed by atoms with van der Waals surface area (Å²) in [5.41, 5.74) is 4.00. The number of aliphatic hydroxyl groups is 1. The zero-order valence-corrected chi connectivity index (χ0v) is 20.6. The van der Waals surface area contributed by atoms with Crippen LogP contribution in [-0.4, -0.2) is 54.7 Å². The molecule has 4 rings (SSSR count). The smallest absolute Gasteiger partial charge is 0.145 e. The van der Waals surface area contributed by atoms with Crippen molar-refractivity contribution in [2.45, 2.75) is 31.8 Å². The van der Waals surface area contributed by atoms with Crippen LogP contribution in [0.1, 0.15) is 23.1 Å². The van der Waals surface area contributed by atoms with Gasteiger partial charge in [-0.2, -0.15) is 0 Å². The first kappa shape index (κ1) is 25.2. The Bertz CT molecular complexity index is 1090. The fourth-order valence-electron chi connectivity index (χ4n) is 4.08. The molecule has 0 fully saturated rings. The number of methoxy groups -OCH3 is 1. The van der Waals surface area contributed by atoms with Crippen LogP contribution in [-0.2, 0) is 22.7 Å². The minimum atomic E-state index is -0.649. The number of halogens is 1. The molecule has 0 bridgehead atoms. The second kappa shape index (κ2) is 12.7. The largest absolute Gasteiger partial charge is 0.497 e. The van der Waals surface area contributed by atoms with Gasteiger partial charge >= 0.3 is 0 Å². The predicted octanol–water partition coefficient (Wildman–Crippen LogP) is 4.92. The Kier molecular flexibility index (Phi) is 9.15. The highest BCUT2D eigenvalue weighted by Crippen LogP contribution is 2.22. The molecule has 35 heavy (non-hydrogen) atoms.